The number of aromatic nitrogens is 4. The summed E-state index contributed by atoms with van der Waals surface area (Å²) in [7, 11) is 0. The Kier molecular flexibility index (Phi) is 2.46. The molecule has 90 valence electrons. The highest BCUT2D eigenvalue weighted by molar-refractivity contribution is 5.45. The van der Waals surface area contributed by atoms with Gasteiger partial charge in [-0.3, -0.25) is 0 Å². The topological polar surface area (TPSA) is 55.1 Å². The van der Waals surface area contributed by atoms with E-state index < -0.39 is 0 Å². The fraction of sp³-hybridized carbons (Fsp3) is 0.583. The van der Waals surface area contributed by atoms with Gasteiger partial charge >= 0.3 is 0 Å². The second-order valence-corrected chi connectivity index (χ2v) is 4.88. The van der Waals surface area contributed by atoms with E-state index in [1.807, 2.05) is 13.0 Å². The first kappa shape index (κ1) is 10.5. The van der Waals surface area contributed by atoms with Gasteiger partial charge in [0.1, 0.15) is 12.1 Å². The predicted molar refractivity (Wildman–Crippen MR) is 65.9 cm³/mol. The summed E-state index contributed by atoms with van der Waals surface area (Å²) in [6.07, 6.45) is 5.57. The zero-order valence-corrected chi connectivity index (χ0v) is 10.2. The van der Waals surface area contributed by atoms with Gasteiger partial charge in [0.2, 0.25) is 0 Å². The van der Waals surface area contributed by atoms with Crippen LogP contribution in [0.4, 0.5) is 5.82 Å². The largest absolute Gasteiger partial charge is 0.367 e. The van der Waals surface area contributed by atoms with Gasteiger partial charge in [-0.05, 0) is 32.6 Å². The van der Waals surface area contributed by atoms with Crippen LogP contribution >= 0.6 is 0 Å². The van der Waals surface area contributed by atoms with E-state index in [0.29, 0.717) is 11.8 Å². The average molecular weight is 231 g/mol. The van der Waals surface area contributed by atoms with Crippen molar-refractivity contribution in [2.45, 2.75) is 39.2 Å². The Morgan fingerprint density at radius 1 is 1.47 bits per heavy atom. The van der Waals surface area contributed by atoms with Crippen LogP contribution in [0.5, 0.6) is 0 Å². The summed E-state index contributed by atoms with van der Waals surface area (Å²) in [5.41, 5.74) is 0.966. The molecule has 5 nitrogen and oxygen atoms in total. The Morgan fingerprint density at radius 3 is 3.00 bits per heavy atom. The van der Waals surface area contributed by atoms with Crippen LogP contribution < -0.4 is 5.32 Å². The van der Waals surface area contributed by atoms with Crippen LogP contribution in [0.1, 0.15) is 31.9 Å². The Bertz CT molecular complexity index is 529. The van der Waals surface area contributed by atoms with E-state index in [9.17, 15) is 0 Å². The van der Waals surface area contributed by atoms with Crippen molar-refractivity contribution in [2.24, 2.45) is 5.92 Å². The second-order valence-electron chi connectivity index (χ2n) is 4.88. The fourth-order valence-corrected chi connectivity index (χ4v) is 2.32. The molecule has 0 amide bonds. The Labute approximate surface area is 100 Å². The lowest BCUT2D eigenvalue weighted by molar-refractivity contribution is 0.284. The quantitative estimate of drug-likeness (QED) is 0.878. The monoisotopic (exact) mass is 231 g/mol. The molecule has 3 rings (SSSR count). The third kappa shape index (κ3) is 1.85. The minimum absolute atomic E-state index is 0.484. The SMILES string of the molecule is Cc1cc(NC(C)C2CCC2)n2ncnc2n1. The Balaban J connectivity index is 1.90. The van der Waals surface area contributed by atoms with Crippen molar-refractivity contribution in [1.82, 2.24) is 19.6 Å². The van der Waals surface area contributed by atoms with Crippen LogP contribution in [-0.2, 0) is 0 Å². The molecule has 0 saturated heterocycles. The molecule has 0 aromatic carbocycles. The summed E-state index contributed by atoms with van der Waals surface area (Å²) in [5, 5.41) is 7.73. The first-order valence-corrected chi connectivity index (χ1v) is 6.18. The number of nitrogens with zero attached hydrogens (tertiary/aromatic N) is 4. The summed E-state index contributed by atoms with van der Waals surface area (Å²) in [6, 6.07) is 2.51. The molecule has 2 aromatic rings. The summed E-state index contributed by atoms with van der Waals surface area (Å²) in [6.45, 7) is 4.22. The summed E-state index contributed by atoms with van der Waals surface area (Å²) >= 11 is 0. The molecule has 1 aliphatic carbocycles. The molecule has 1 fully saturated rings. The third-order valence-electron chi connectivity index (χ3n) is 3.61. The van der Waals surface area contributed by atoms with Gasteiger partial charge in [-0.15, -0.1) is 0 Å². The van der Waals surface area contributed by atoms with Crippen molar-refractivity contribution in [3.05, 3.63) is 18.1 Å². The first-order valence-electron chi connectivity index (χ1n) is 6.18. The van der Waals surface area contributed by atoms with Crippen LogP contribution in [0.2, 0.25) is 0 Å². The van der Waals surface area contributed by atoms with Crippen molar-refractivity contribution in [1.29, 1.82) is 0 Å². The molecule has 1 saturated carbocycles. The summed E-state index contributed by atoms with van der Waals surface area (Å²) < 4.78 is 1.77. The summed E-state index contributed by atoms with van der Waals surface area (Å²) in [4.78, 5) is 8.46. The highest BCUT2D eigenvalue weighted by Crippen LogP contribution is 2.30. The molecule has 1 unspecified atom stereocenters. The Morgan fingerprint density at radius 2 is 2.29 bits per heavy atom. The molecule has 0 radical (unpaired) electrons. The van der Waals surface area contributed by atoms with Crippen LogP contribution in [0, 0.1) is 12.8 Å². The molecule has 5 heteroatoms. The first-order chi connectivity index (χ1) is 8.24. The Hall–Kier alpha value is -1.65. The number of rotatable bonds is 3. The van der Waals surface area contributed by atoms with Gasteiger partial charge in [-0.25, -0.2) is 4.98 Å². The van der Waals surface area contributed by atoms with Crippen LogP contribution in [0.25, 0.3) is 5.78 Å². The standard InChI is InChI=1S/C12H17N5/c1-8-6-11(16-9(2)10-4-3-5-10)17-12(15-8)13-7-14-17/h6-7,9-10,16H,3-5H2,1-2H3. The molecular weight excluding hydrogens is 214 g/mol. The van der Waals surface area contributed by atoms with E-state index in [2.05, 4.69) is 27.3 Å². The second kappa shape index (κ2) is 3.98. The van der Waals surface area contributed by atoms with Crippen molar-refractivity contribution in [2.75, 3.05) is 5.32 Å². The van der Waals surface area contributed by atoms with Crippen molar-refractivity contribution in [3.63, 3.8) is 0 Å². The fourth-order valence-electron chi connectivity index (χ4n) is 2.32. The van der Waals surface area contributed by atoms with E-state index in [0.717, 1.165) is 17.4 Å². The number of nitrogens with one attached hydrogen (secondary N) is 1. The van der Waals surface area contributed by atoms with Crippen LogP contribution in [0.3, 0.4) is 0 Å². The average Bonchev–Trinajstić information content (AvgIpc) is 2.62. The minimum atomic E-state index is 0.484. The molecule has 2 heterocycles. The van der Waals surface area contributed by atoms with Gasteiger partial charge in [0.05, 0.1) is 0 Å². The maximum absolute atomic E-state index is 4.33. The van der Waals surface area contributed by atoms with E-state index >= 15 is 0 Å². The van der Waals surface area contributed by atoms with Gasteiger partial charge < -0.3 is 5.32 Å². The molecule has 1 atom stereocenters. The van der Waals surface area contributed by atoms with E-state index in [1.165, 1.54) is 19.3 Å². The van der Waals surface area contributed by atoms with Gasteiger partial charge in [0.25, 0.3) is 5.78 Å². The lowest BCUT2D eigenvalue weighted by Crippen LogP contribution is -2.31. The zero-order valence-electron chi connectivity index (χ0n) is 10.2. The van der Waals surface area contributed by atoms with Crippen LogP contribution in [-0.4, -0.2) is 25.6 Å². The van der Waals surface area contributed by atoms with Crippen molar-refractivity contribution >= 4 is 11.6 Å². The predicted octanol–water partition coefficient (Wildman–Crippen LogP) is 2.03. The zero-order chi connectivity index (χ0) is 11.8. The lowest BCUT2D eigenvalue weighted by Gasteiger charge is -2.32. The normalized spacial score (nSPS) is 18.0. The highest BCUT2D eigenvalue weighted by atomic mass is 15.4. The molecular formula is C12H17N5. The molecule has 2 aromatic heterocycles. The molecule has 0 aliphatic heterocycles. The van der Waals surface area contributed by atoms with Crippen molar-refractivity contribution in [3.8, 4) is 0 Å². The number of aryl methyl sites for hydroxylation is 1. The van der Waals surface area contributed by atoms with E-state index in [4.69, 9.17) is 0 Å². The smallest absolute Gasteiger partial charge is 0.254 e. The number of anilines is 1. The molecule has 0 bridgehead atoms. The molecule has 0 spiro atoms. The third-order valence-corrected chi connectivity index (χ3v) is 3.61. The molecule has 1 aliphatic rings. The van der Waals surface area contributed by atoms with Gasteiger partial charge in [0.15, 0.2) is 0 Å². The van der Waals surface area contributed by atoms with Gasteiger partial charge in [-0.1, -0.05) is 6.42 Å². The summed E-state index contributed by atoms with van der Waals surface area (Å²) in [5.74, 6) is 2.44. The highest BCUT2D eigenvalue weighted by Gasteiger charge is 2.24. The number of fused-ring (bicyclic) bond motifs is 1. The van der Waals surface area contributed by atoms with Gasteiger partial charge in [-0.2, -0.15) is 14.6 Å². The maximum Gasteiger partial charge on any atom is 0.254 e. The molecule has 17 heavy (non-hydrogen) atoms. The van der Waals surface area contributed by atoms with Gasteiger partial charge in [0, 0.05) is 17.8 Å². The lowest BCUT2D eigenvalue weighted by atomic mass is 9.80. The number of hydrogen-bond acceptors (Lipinski definition) is 4. The minimum Gasteiger partial charge on any atom is -0.367 e. The van der Waals surface area contributed by atoms with E-state index in [1.54, 1.807) is 10.8 Å². The van der Waals surface area contributed by atoms with E-state index in [-0.39, 0.29) is 0 Å². The van der Waals surface area contributed by atoms with Crippen LogP contribution in [0.15, 0.2) is 12.4 Å². The molecule has 1 N–H and O–H groups in total. The van der Waals surface area contributed by atoms with Crippen molar-refractivity contribution < 1.29 is 0 Å². The number of hydrogen-bond donors (Lipinski definition) is 1. The maximum atomic E-state index is 4.33.